The van der Waals surface area contributed by atoms with Gasteiger partial charge in [0.2, 0.25) is 0 Å². The zero-order valence-corrected chi connectivity index (χ0v) is 13.1. The standard InChI is InChI=1S/C15H24FNO2S/c1-4-5-17-11(3)13-7-14(16)10(2)6-15(13)20-9-12(19)8-18/h6-7,11-12,17-19H,4-5,8-9H2,1-3H3. The molecule has 0 radical (unpaired) electrons. The van der Waals surface area contributed by atoms with Crippen LogP contribution in [0.3, 0.4) is 0 Å². The second kappa shape index (κ2) is 8.62. The molecule has 5 heteroatoms. The largest absolute Gasteiger partial charge is 0.394 e. The molecule has 1 aromatic carbocycles. The average Bonchev–Trinajstić information content (AvgIpc) is 2.44. The molecular formula is C15H24FNO2S. The molecule has 114 valence electrons. The van der Waals surface area contributed by atoms with Gasteiger partial charge >= 0.3 is 0 Å². The van der Waals surface area contributed by atoms with Gasteiger partial charge in [-0.05, 0) is 50.1 Å². The molecule has 20 heavy (non-hydrogen) atoms. The first-order chi connectivity index (χ1) is 9.49. The summed E-state index contributed by atoms with van der Waals surface area (Å²) in [5, 5.41) is 21.7. The normalized spacial score (nSPS) is 14.3. The summed E-state index contributed by atoms with van der Waals surface area (Å²) >= 11 is 1.45. The van der Waals surface area contributed by atoms with Gasteiger partial charge in [-0.2, -0.15) is 0 Å². The molecule has 0 heterocycles. The van der Waals surface area contributed by atoms with Gasteiger partial charge < -0.3 is 15.5 Å². The molecule has 0 bridgehead atoms. The molecule has 1 aromatic rings. The van der Waals surface area contributed by atoms with Crippen LogP contribution in [0.2, 0.25) is 0 Å². The minimum atomic E-state index is -0.753. The zero-order valence-electron chi connectivity index (χ0n) is 12.3. The number of hydrogen-bond acceptors (Lipinski definition) is 4. The van der Waals surface area contributed by atoms with E-state index < -0.39 is 6.10 Å². The molecule has 3 nitrogen and oxygen atoms in total. The minimum Gasteiger partial charge on any atom is -0.394 e. The van der Waals surface area contributed by atoms with E-state index in [2.05, 4.69) is 12.2 Å². The molecule has 0 aliphatic carbocycles. The van der Waals surface area contributed by atoms with Crippen LogP contribution in [-0.2, 0) is 0 Å². The highest BCUT2D eigenvalue weighted by molar-refractivity contribution is 7.99. The van der Waals surface area contributed by atoms with Gasteiger partial charge in [0, 0.05) is 16.7 Å². The van der Waals surface area contributed by atoms with Crippen molar-refractivity contribution in [1.29, 1.82) is 0 Å². The number of rotatable bonds is 8. The Balaban J connectivity index is 2.91. The van der Waals surface area contributed by atoms with E-state index in [1.54, 1.807) is 13.0 Å². The van der Waals surface area contributed by atoms with Crippen LogP contribution in [0.5, 0.6) is 0 Å². The number of aliphatic hydroxyl groups is 2. The highest BCUT2D eigenvalue weighted by Gasteiger charge is 2.15. The maximum absolute atomic E-state index is 13.8. The predicted octanol–water partition coefficient (Wildman–Crippen LogP) is 2.64. The molecule has 0 fully saturated rings. The molecular weight excluding hydrogens is 277 g/mol. The van der Waals surface area contributed by atoms with Crippen molar-refractivity contribution in [3.63, 3.8) is 0 Å². The Labute approximate surface area is 124 Å². The van der Waals surface area contributed by atoms with Crippen molar-refractivity contribution in [3.8, 4) is 0 Å². The number of halogens is 1. The van der Waals surface area contributed by atoms with Crippen molar-refractivity contribution in [2.24, 2.45) is 0 Å². The number of hydrogen-bond donors (Lipinski definition) is 3. The lowest BCUT2D eigenvalue weighted by molar-refractivity contribution is 0.113. The Hall–Kier alpha value is -0.620. The van der Waals surface area contributed by atoms with Gasteiger partial charge in [0.1, 0.15) is 5.82 Å². The van der Waals surface area contributed by atoms with Crippen molar-refractivity contribution in [1.82, 2.24) is 5.32 Å². The number of aryl methyl sites for hydroxylation is 1. The maximum atomic E-state index is 13.8. The van der Waals surface area contributed by atoms with Gasteiger partial charge in [-0.15, -0.1) is 11.8 Å². The van der Waals surface area contributed by atoms with Crippen LogP contribution in [0.1, 0.15) is 37.4 Å². The van der Waals surface area contributed by atoms with Crippen molar-refractivity contribution >= 4 is 11.8 Å². The average molecular weight is 301 g/mol. The summed E-state index contributed by atoms with van der Waals surface area (Å²) in [6.07, 6.45) is 0.266. The smallest absolute Gasteiger partial charge is 0.126 e. The zero-order chi connectivity index (χ0) is 15.1. The minimum absolute atomic E-state index is 0.0545. The molecule has 0 amide bonds. The first-order valence-electron chi connectivity index (χ1n) is 6.94. The van der Waals surface area contributed by atoms with Gasteiger partial charge in [0.05, 0.1) is 12.7 Å². The third-order valence-corrected chi connectivity index (χ3v) is 4.32. The molecule has 1 rings (SSSR count). The van der Waals surface area contributed by atoms with E-state index in [0.29, 0.717) is 11.3 Å². The Morgan fingerprint density at radius 3 is 2.70 bits per heavy atom. The lowest BCUT2D eigenvalue weighted by atomic mass is 10.1. The van der Waals surface area contributed by atoms with Crippen LogP contribution in [-0.4, -0.2) is 35.2 Å². The summed E-state index contributed by atoms with van der Waals surface area (Å²) in [5.74, 6) is 0.187. The van der Waals surface area contributed by atoms with E-state index in [9.17, 15) is 9.50 Å². The SMILES string of the molecule is CCCNC(C)c1cc(F)c(C)cc1SCC(O)CO. The summed E-state index contributed by atoms with van der Waals surface area (Å²) in [4.78, 5) is 0.951. The molecule has 0 aliphatic heterocycles. The monoisotopic (exact) mass is 301 g/mol. The molecule has 0 aliphatic rings. The molecule has 0 saturated heterocycles. The van der Waals surface area contributed by atoms with Crippen molar-refractivity contribution < 1.29 is 14.6 Å². The van der Waals surface area contributed by atoms with Crippen LogP contribution < -0.4 is 5.32 Å². The van der Waals surface area contributed by atoms with E-state index in [1.165, 1.54) is 11.8 Å². The fourth-order valence-electron chi connectivity index (χ4n) is 1.84. The van der Waals surface area contributed by atoms with Gasteiger partial charge in [0.25, 0.3) is 0 Å². The Morgan fingerprint density at radius 2 is 2.10 bits per heavy atom. The molecule has 2 unspecified atom stereocenters. The van der Waals surface area contributed by atoms with E-state index in [-0.39, 0.29) is 18.5 Å². The first kappa shape index (κ1) is 17.4. The fraction of sp³-hybridized carbons (Fsp3) is 0.600. The fourth-order valence-corrected chi connectivity index (χ4v) is 2.98. The van der Waals surface area contributed by atoms with Crippen LogP contribution in [0.25, 0.3) is 0 Å². The lowest BCUT2D eigenvalue weighted by Crippen LogP contribution is -2.20. The van der Waals surface area contributed by atoms with Gasteiger partial charge in [0.15, 0.2) is 0 Å². The molecule has 2 atom stereocenters. The molecule has 0 saturated carbocycles. The lowest BCUT2D eigenvalue weighted by Gasteiger charge is -2.19. The quantitative estimate of drug-likeness (QED) is 0.646. The first-order valence-corrected chi connectivity index (χ1v) is 7.93. The van der Waals surface area contributed by atoms with E-state index in [0.717, 1.165) is 23.4 Å². The van der Waals surface area contributed by atoms with E-state index in [1.807, 2.05) is 13.0 Å². The summed E-state index contributed by atoms with van der Waals surface area (Å²) in [6.45, 7) is 6.44. The van der Waals surface area contributed by atoms with Gasteiger partial charge in [-0.25, -0.2) is 4.39 Å². The van der Waals surface area contributed by atoms with Gasteiger partial charge in [-0.1, -0.05) is 6.92 Å². The number of thioether (sulfide) groups is 1. The number of aliphatic hydroxyl groups excluding tert-OH is 2. The molecule has 0 spiro atoms. The van der Waals surface area contributed by atoms with E-state index in [4.69, 9.17) is 5.11 Å². The Bertz CT molecular complexity index is 429. The summed E-state index contributed by atoms with van der Waals surface area (Å²) in [6, 6.07) is 3.43. The number of benzene rings is 1. The highest BCUT2D eigenvalue weighted by atomic mass is 32.2. The van der Waals surface area contributed by atoms with Crippen molar-refractivity contribution in [3.05, 3.63) is 29.1 Å². The summed E-state index contributed by atoms with van der Waals surface area (Å²) in [5.41, 5.74) is 1.49. The van der Waals surface area contributed by atoms with E-state index >= 15 is 0 Å². The third-order valence-electron chi connectivity index (χ3n) is 3.10. The molecule has 3 N–H and O–H groups in total. The second-order valence-electron chi connectivity index (χ2n) is 4.96. The second-order valence-corrected chi connectivity index (χ2v) is 6.02. The van der Waals surface area contributed by atoms with Crippen LogP contribution in [0, 0.1) is 12.7 Å². The topological polar surface area (TPSA) is 52.5 Å². The van der Waals surface area contributed by atoms with Crippen LogP contribution in [0.4, 0.5) is 4.39 Å². The van der Waals surface area contributed by atoms with Gasteiger partial charge in [-0.3, -0.25) is 0 Å². The Kier molecular flexibility index (Phi) is 7.51. The third kappa shape index (κ3) is 5.05. The van der Waals surface area contributed by atoms with Crippen molar-refractivity contribution in [2.45, 2.75) is 44.2 Å². The van der Waals surface area contributed by atoms with Crippen LogP contribution in [0.15, 0.2) is 17.0 Å². The molecule has 0 aromatic heterocycles. The summed E-state index contributed by atoms with van der Waals surface area (Å²) in [7, 11) is 0. The van der Waals surface area contributed by atoms with Crippen molar-refractivity contribution in [2.75, 3.05) is 18.9 Å². The maximum Gasteiger partial charge on any atom is 0.126 e. The highest BCUT2D eigenvalue weighted by Crippen LogP contribution is 2.30. The Morgan fingerprint density at radius 1 is 1.40 bits per heavy atom. The van der Waals surface area contributed by atoms with Crippen LogP contribution >= 0.6 is 11.8 Å². The predicted molar refractivity (Wildman–Crippen MR) is 81.7 cm³/mol. The summed E-state index contributed by atoms with van der Waals surface area (Å²) < 4.78 is 13.8. The number of nitrogens with one attached hydrogen (secondary N) is 1.